The van der Waals surface area contributed by atoms with Gasteiger partial charge in [0, 0.05) is 0 Å². The van der Waals surface area contributed by atoms with Crippen molar-refractivity contribution in [1.82, 2.24) is 0 Å². The molecule has 134 valence electrons. The number of hydrogen-bond acceptors (Lipinski definition) is 6. The van der Waals surface area contributed by atoms with Crippen LogP contribution in [0.15, 0.2) is 82.6 Å². The molecule has 0 spiro atoms. The lowest BCUT2D eigenvalue weighted by Gasteiger charge is -2.11. The molecule has 3 rings (SSSR count). The zero-order valence-electron chi connectivity index (χ0n) is 14.1. The maximum atomic E-state index is 5.86. The van der Waals surface area contributed by atoms with Gasteiger partial charge in [0.15, 0.2) is 0 Å². The molecule has 0 radical (unpaired) electrons. The van der Waals surface area contributed by atoms with Crippen molar-refractivity contribution >= 4 is 23.9 Å². The fraction of sp³-hybridized carbons (Fsp3) is 0.100. The Morgan fingerprint density at radius 1 is 0.577 bits per heavy atom. The van der Waals surface area contributed by atoms with E-state index in [-0.39, 0.29) is 0 Å². The van der Waals surface area contributed by atoms with Gasteiger partial charge in [0.1, 0.15) is 24.7 Å². The van der Waals surface area contributed by atoms with Crippen LogP contribution in [-0.2, 0) is 13.2 Å². The van der Waals surface area contributed by atoms with Crippen LogP contribution in [0, 0.1) is 0 Å². The second-order valence-electron chi connectivity index (χ2n) is 5.52. The minimum atomic E-state index is 0.491. The average molecular weight is 385 g/mol. The molecule has 0 aliphatic heterocycles. The lowest BCUT2D eigenvalue weighted by molar-refractivity contribution is 0.295. The fourth-order valence-corrected chi connectivity index (χ4v) is 3.19. The maximum absolute atomic E-state index is 5.86. The van der Waals surface area contributed by atoms with Gasteiger partial charge in [-0.2, -0.15) is 0 Å². The van der Waals surface area contributed by atoms with Crippen molar-refractivity contribution in [3.63, 3.8) is 0 Å². The van der Waals surface area contributed by atoms with Crippen molar-refractivity contribution in [2.75, 3.05) is 0 Å². The Kier molecular flexibility index (Phi) is 6.85. The Balaban J connectivity index is 1.56. The highest BCUT2D eigenvalue weighted by molar-refractivity contribution is 7.97. The molecule has 4 N–H and O–H groups in total. The summed E-state index contributed by atoms with van der Waals surface area (Å²) in [4.78, 5) is 1.85. The van der Waals surface area contributed by atoms with Gasteiger partial charge in [-0.15, -0.1) is 0 Å². The summed E-state index contributed by atoms with van der Waals surface area (Å²) in [6, 6.07) is 23.7. The Bertz CT molecular complexity index is 771. The van der Waals surface area contributed by atoms with E-state index in [0.29, 0.717) is 13.2 Å². The van der Waals surface area contributed by atoms with E-state index in [4.69, 9.17) is 19.8 Å². The second-order valence-corrected chi connectivity index (χ2v) is 6.87. The highest BCUT2D eigenvalue weighted by Gasteiger charge is 2.04. The standard InChI is InChI=1S/C20H20N2O2S2/c21-25-19-7-3-1-5-17(19)23-13-15-9-11-16(12-10-15)14-24-18-6-2-4-8-20(18)26-22/h1-12H,13-14,21-22H2. The van der Waals surface area contributed by atoms with Gasteiger partial charge in [-0.05, 0) is 59.3 Å². The Labute approximate surface area is 162 Å². The summed E-state index contributed by atoms with van der Waals surface area (Å²) in [5, 5.41) is 11.3. The predicted octanol–water partition coefficient (Wildman–Crippen LogP) is 4.78. The summed E-state index contributed by atoms with van der Waals surface area (Å²) in [7, 11) is 0. The van der Waals surface area contributed by atoms with Gasteiger partial charge in [0.2, 0.25) is 0 Å². The van der Waals surface area contributed by atoms with Crippen LogP contribution in [0.1, 0.15) is 11.1 Å². The van der Waals surface area contributed by atoms with Crippen LogP contribution in [0.5, 0.6) is 11.5 Å². The molecule has 0 bridgehead atoms. The van der Waals surface area contributed by atoms with Crippen LogP contribution in [0.4, 0.5) is 0 Å². The number of para-hydroxylation sites is 2. The average Bonchev–Trinajstić information content (AvgIpc) is 2.72. The molecule has 0 atom stereocenters. The number of rotatable bonds is 8. The van der Waals surface area contributed by atoms with E-state index in [2.05, 4.69) is 0 Å². The summed E-state index contributed by atoms with van der Waals surface area (Å²) < 4.78 is 11.7. The van der Waals surface area contributed by atoms with E-state index in [1.54, 1.807) is 0 Å². The normalized spacial score (nSPS) is 10.5. The molecule has 3 aromatic rings. The first-order valence-electron chi connectivity index (χ1n) is 8.05. The SMILES string of the molecule is NSc1ccccc1OCc1ccc(COc2ccccc2SN)cc1. The maximum Gasteiger partial charge on any atom is 0.134 e. The van der Waals surface area contributed by atoms with E-state index in [1.807, 2.05) is 72.8 Å². The molecule has 0 aromatic heterocycles. The van der Waals surface area contributed by atoms with Crippen molar-refractivity contribution in [2.45, 2.75) is 23.0 Å². The lowest BCUT2D eigenvalue weighted by atomic mass is 10.1. The first kappa shape index (κ1) is 18.7. The highest BCUT2D eigenvalue weighted by atomic mass is 32.2. The molecule has 4 nitrogen and oxygen atoms in total. The number of hydrogen-bond donors (Lipinski definition) is 2. The molecule has 26 heavy (non-hydrogen) atoms. The molecule has 0 heterocycles. The van der Waals surface area contributed by atoms with Gasteiger partial charge in [-0.1, -0.05) is 48.5 Å². The monoisotopic (exact) mass is 384 g/mol. The van der Waals surface area contributed by atoms with E-state index in [0.717, 1.165) is 32.4 Å². The summed E-state index contributed by atoms with van der Waals surface area (Å²) in [5.74, 6) is 1.59. The predicted molar refractivity (Wildman–Crippen MR) is 108 cm³/mol. The van der Waals surface area contributed by atoms with Crippen LogP contribution >= 0.6 is 23.9 Å². The van der Waals surface area contributed by atoms with Crippen LogP contribution < -0.4 is 19.8 Å². The largest absolute Gasteiger partial charge is 0.488 e. The van der Waals surface area contributed by atoms with Gasteiger partial charge < -0.3 is 9.47 Å². The molecule has 0 saturated heterocycles. The smallest absolute Gasteiger partial charge is 0.134 e. The fourth-order valence-electron chi connectivity index (χ4n) is 2.39. The summed E-state index contributed by atoms with van der Waals surface area (Å²) >= 11 is 2.38. The topological polar surface area (TPSA) is 70.5 Å². The van der Waals surface area contributed by atoms with Crippen LogP contribution in [0.2, 0.25) is 0 Å². The van der Waals surface area contributed by atoms with E-state index in [9.17, 15) is 0 Å². The Morgan fingerprint density at radius 3 is 1.35 bits per heavy atom. The van der Waals surface area contributed by atoms with Gasteiger partial charge in [0.25, 0.3) is 0 Å². The summed E-state index contributed by atoms with van der Waals surface area (Å²) in [6.45, 7) is 0.983. The van der Waals surface area contributed by atoms with Crippen molar-refractivity contribution in [2.24, 2.45) is 10.3 Å². The molecule has 0 fully saturated rings. The number of benzene rings is 3. The Morgan fingerprint density at radius 2 is 0.962 bits per heavy atom. The third-order valence-electron chi connectivity index (χ3n) is 3.76. The zero-order valence-corrected chi connectivity index (χ0v) is 15.8. The van der Waals surface area contributed by atoms with Crippen molar-refractivity contribution in [3.05, 3.63) is 83.9 Å². The lowest BCUT2D eigenvalue weighted by Crippen LogP contribution is -2.00. The van der Waals surface area contributed by atoms with Gasteiger partial charge >= 0.3 is 0 Å². The van der Waals surface area contributed by atoms with Crippen LogP contribution in [0.25, 0.3) is 0 Å². The van der Waals surface area contributed by atoms with E-state index < -0.39 is 0 Å². The molecular weight excluding hydrogens is 364 g/mol. The first-order valence-corrected chi connectivity index (χ1v) is 9.81. The van der Waals surface area contributed by atoms with Crippen molar-refractivity contribution < 1.29 is 9.47 Å². The molecule has 3 aromatic carbocycles. The van der Waals surface area contributed by atoms with E-state index >= 15 is 0 Å². The minimum Gasteiger partial charge on any atom is -0.488 e. The zero-order chi connectivity index (χ0) is 18.2. The molecule has 0 unspecified atom stereocenters. The number of ether oxygens (including phenoxy) is 2. The molecule has 0 amide bonds. The van der Waals surface area contributed by atoms with Crippen LogP contribution in [0.3, 0.4) is 0 Å². The van der Waals surface area contributed by atoms with Crippen molar-refractivity contribution in [3.8, 4) is 11.5 Å². The summed E-state index contributed by atoms with van der Waals surface area (Å²) in [6.07, 6.45) is 0. The quantitative estimate of drug-likeness (QED) is 0.545. The highest BCUT2D eigenvalue weighted by Crippen LogP contribution is 2.27. The van der Waals surface area contributed by atoms with Gasteiger partial charge in [-0.3, -0.25) is 10.3 Å². The molecular formula is C20H20N2O2S2. The second kappa shape index (κ2) is 9.54. The van der Waals surface area contributed by atoms with Gasteiger partial charge in [-0.25, -0.2) is 0 Å². The van der Waals surface area contributed by atoms with Gasteiger partial charge in [0.05, 0.1) is 9.79 Å². The summed E-state index contributed by atoms with van der Waals surface area (Å²) in [5.41, 5.74) is 2.17. The molecule has 6 heteroatoms. The molecule has 0 saturated carbocycles. The van der Waals surface area contributed by atoms with Crippen molar-refractivity contribution in [1.29, 1.82) is 0 Å². The van der Waals surface area contributed by atoms with E-state index in [1.165, 1.54) is 23.9 Å². The third kappa shape index (κ3) is 4.95. The molecule has 0 aliphatic carbocycles. The van der Waals surface area contributed by atoms with Crippen LogP contribution in [-0.4, -0.2) is 0 Å². The third-order valence-corrected chi connectivity index (χ3v) is 4.95. The minimum absolute atomic E-state index is 0.491. The molecule has 0 aliphatic rings. The number of nitrogens with two attached hydrogens (primary N) is 2. The Hall–Kier alpha value is -2.12. The first-order chi connectivity index (χ1) is 12.8.